The Labute approximate surface area is 85.9 Å². The van der Waals surface area contributed by atoms with Gasteiger partial charge in [0, 0.05) is 0 Å². The summed E-state index contributed by atoms with van der Waals surface area (Å²) in [5.74, 6) is 1.71. The molecular weight excluding hydrogens is 172 g/mol. The number of carbonyl (C=O) groups excluding carboxylic acids is 1. The predicted octanol–water partition coefficient (Wildman–Crippen LogP) is 3.12. The Morgan fingerprint density at radius 3 is 2.79 bits per heavy atom. The van der Waals surface area contributed by atoms with E-state index in [0.717, 1.165) is 5.92 Å². The highest BCUT2D eigenvalue weighted by molar-refractivity contribution is 5.87. The molecule has 0 aromatic rings. The zero-order valence-corrected chi connectivity index (χ0v) is 9.21. The molecule has 1 heteroatoms. The van der Waals surface area contributed by atoms with Crippen LogP contribution in [0.3, 0.4) is 0 Å². The number of carbonyl (C=O) groups is 1. The summed E-state index contributed by atoms with van der Waals surface area (Å²) in [6, 6.07) is 0. The van der Waals surface area contributed by atoms with Crippen molar-refractivity contribution in [2.75, 3.05) is 0 Å². The van der Waals surface area contributed by atoms with Crippen molar-refractivity contribution in [3.05, 3.63) is 23.8 Å². The molecule has 0 unspecified atom stereocenters. The summed E-state index contributed by atoms with van der Waals surface area (Å²) >= 11 is 0. The van der Waals surface area contributed by atoms with Crippen molar-refractivity contribution < 1.29 is 4.79 Å². The molecule has 0 radical (unpaired) electrons. The van der Waals surface area contributed by atoms with Crippen molar-refractivity contribution in [3.63, 3.8) is 0 Å². The lowest BCUT2D eigenvalue weighted by atomic mass is 9.49. The maximum atomic E-state index is 10.9. The highest BCUT2D eigenvalue weighted by Gasteiger charge is 2.50. The van der Waals surface area contributed by atoms with Gasteiger partial charge in [0.05, 0.1) is 0 Å². The maximum absolute atomic E-state index is 10.9. The van der Waals surface area contributed by atoms with E-state index in [-0.39, 0.29) is 5.78 Å². The van der Waals surface area contributed by atoms with E-state index in [1.54, 1.807) is 13.0 Å². The molecule has 1 saturated carbocycles. The molecule has 0 aliphatic heterocycles. The molecule has 0 N–H and O–H groups in total. The molecule has 76 valence electrons. The molecule has 3 aliphatic rings. The van der Waals surface area contributed by atoms with Crippen molar-refractivity contribution in [1.82, 2.24) is 0 Å². The van der Waals surface area contributed by atoms with Crippen LogP contribution >= 0.6 is 0 Å². The molecule has 1 nitrogen and oxygen atoms in total. The van der Waals surface area contributed by atoms with E-state index < -0.39 is 0 Å². The molecule has 0 aromatic carbocycles. The molecule has 1 fully saturated rings. The van der Waals surface area contributed by atoms with Gasteiger partial charge in [-0.15, -0.1) is 0 Å². The van der Waals surface area contributed by atoms with Gasteiger partial charge in [-0.25, -0.2) is 0 Å². The number of allylic oxidation sites excluding steroid dienone is 4. The Kier molecular flexibility index (Phi) is 2.13. The Morgan fingerprint density at radius 1 is 1.57 bits per heavy atom. The van der Waals surface area contributed by atoms with Crippen LogP contribution in [0, 0.1) is 17.3 Å². The van der Waals surface area contributed by atoms with Crippen LogP contribution < -0.4 is 0 Å². The van der Waals surface area contributed by atoms with Crippen LogP contribution in [0.25, 0.3) is 0 Å². The zero-order valence-electron chi connectivity index (χ0n) is 9.21. The van der Waals surface area contributed by atoms with Gasteiger partial charge in [-0.3, -0.25) is 4.79 Å². The third-order valence-corrected chi connectivity index (χ3v) is 4.02. The first-order valence-corrected chi connectivity index (χ1v) is 5.40. The second-order valence-electron chi connectivity index (χ2n) is 5.19. The first-order valence-electron chi connectivity index (χ1n) is 5.40. The molecule has 0 spiro atoms. The number of ketones is 1. The van der Waals surface area contributed by atoms with E-state index in [9.17, 15) is 4.79 Å². The average molecular weight is 190 g/mol. The van der Waals surface area contributed by atoms with E-state index in [1.807, 2.05) is 6.08 Å². The van der Waals surface area contributed by atoms with Crippen molar-refractivity contribution in [1.29, 1.82) is 0 Å². The standard InChI is InChI=1S/C13H18O/c1-9(14)4-5-10-6-7-11-8-12(10)13(11,2)3/h4-6,11-12H,7-8H2,1-3H3/b5-4+/t11-,12-/m0/s1. The van der Waals surface area contributed by atoms with Gasteiger partial charge < -0.3 is 0 Å². The van der Waals surface area contributed by atoms with Crippen LogP contribution in [0.2, 0.25) is 0 Å². The van der Waals surface area contributed by atoms with Crippen molar-refractivity contribution in [2.24, 2.45) is 17.3 Å². The maximum Gasteiger partial charge on any atom is 0.152 e. The molecule has 3 aliphatic carbocycles. The summed E-state index contributed by atoms with van der Waals surface area (Å²) in [6.45, 7) is 6.30. The summed E-state index contributed by atoms with van der Waals surface area (Å²) in [5, 5.41) is 0. The highest BCUT2D eigenvalue weighted by Crippen LogP contribution is 2.59. The van der Waals surface area contributed by atoms with Gasteiger partial charge in [0.1, 0.15) is 0 Å². The SMILES string of the molecule is CC(=O)/C=C/C1=CC[C@H]2C[C@@H]1C2(C)C. The molecule has 14 heavy (non-hydrogen) atoms. The first-order chi connectivity index (χ1) is 6.51. The van der Waals surface area contributed by atoms with Gasteiger partial charge in [-0.2, -0.15) is 0 Å². The monoisotopic (exact) mass is 190 g/mol. The molecule has 3 rings (SSSR count). The van der Waals surface area contributed by atoms with Crippen LogP contribution in [0.5, 0.6) is 0 Å². The molecule has 0 amide bonds. The molecular formula is C13H18O. The van der Waals surface area contributed by atoms with Crippen LogP contribution in [0.4, 0.5) is 0 Å². The van der Waals surface area contributed by atoms with Crippen molar-refractivity contribution in [3.8, 4) is 0 Å². The topological polar surface area (TPSA) is 17.1 Å². The number of rotatable bonds is 2. The highest BCUT2D eigenvalue weighted by atomic mass is 16.1. The lowest BCUT2D eigenvalue weighted by molar-refractivity contribution is -0.112. The van der Waals surface area contributed by atoms with Gasteiger partial charge >= 0.3 is 0 Å². The first kappa shape index (κ1) is 9.70. The minimum Gasteiger partial charge on any atom is -0.295 e. The quantitative estimate of drug-likeness (QED) is 0.611. The van der Waals surface area contributed by atoms with Gasteiger partial charge in [-0.1, -0.05) is 26.0 Å². The third-order valence-electron chi connectivity index (χ3n) is 4.02. The van der Waals surface area contributed by atoms with Gasteiger partial charge in [0.15, 0.2) is 5.78 Å². The normalized spacial score (nSPS) is 33.8. The van der Waals surface area contributed by atoms with E-state index in [4.69, 9.17) is 0 Å². The van der Waals surface area contributed by atoms with Crippen LogP contribution in [0.1, 0.15) is 33.6 Å². The Morgan fingerprint density at radius 2 is 2.29 bits per heavy atom. The second kappa shape index (κ2) is 3.08. The Bertz CT molecular complexity index is 320. The summed E-state index contributed by atoms with van der Waals surface area (Å²) < 4.78 is 0. The number of hydrogen-bond donors (Lipinski definition) is 0. The van der Waals surface area contributed by atoms with Crippen molar-refractivity contribution >= 4 is 5.78 Å². The van der Waals surface area contributed by atoms with Gasteiger partial charge in [-0.05, 0) is 48.7 Å². The van der Waals surface area contributed by atoms with Crippen LogP contribution in [-0.4, -0.2) is 5.78 Å². The minimum atomic E-state index is 0.144. The average Bonchev–Trinajstić information content (AvgIpc) is 2.14. The molecule has 2 atom stereocenters. The molecule has 0 aromatic heterocycles. The number of fused-ring (bicyclic) bond motifs is 1. The summed E-state index contributed by atoms with van der Waals surface area (Å²) in [6.07, 6.45) is 8.54. The second-order valence-corrected chi connectivity index (χ2v) is 5.19. The predicted molar refractivity (Wildman–Crippen MR) is 57.9 cm³/mol. The Balaban J connectivity index is 2.15. The lowest BCUT2D eigenvalue weighted by Gasteiger charge is -2.56. The summed E-state index contributed by atoms with van der Waals surface area (Å²) in [7, 11) is 0. The molecule has 0 heterocycles. The van der Waals surface area contributed by atoms with Crippen LogP contribution in [0.15, 0.2) is 23.8 Å². The van der Waals surface area contributed by atoms with Gasteiger partial charge in [0.2, 0.25) is 0 Å². The Hall–Kier alpha value is -0.850. The minimum absolute atomic E-state index is 0.144. The largest absolute Gasteiger partial charge is 0.295 e. The smallest absolute Gasteiger partial charge is 0.152 e. The lowest BCUT2D eigenvalue weighted by Crippen LogP contribution is -2.47. The van der Waals surface area contributed by atoms with Gasteiger partial charge in [0.25, 0.3) is 0 Å². The zero-order chi connectivity index (χ0) is 10.3. The van der Waals surface area contributed by atoms with E-state index in [1.165, 1.54) is 18.4 Å². The fourth-order valence-corrected chi connectivity index (χ4v) is 2.80. The van der Waals surface area contributed by atoms with E-state index >= 15 is 0 Å². The van der Waals surface area contributed by atoms with Crippen molar-refractivity contribution in [2.45, 2.75) is 33.6 Å². The number of hydrogen-bond acceptors (Lipinski definition) is 1. The molecule has 0 saturated heterocycles. The van der Waals surface area contributed by atoms with E-state index in [0.29, 0.717) is 11.3 Å². The third kappa shape index (κ3) is 1.35. The summed E-state index contributed by atoms with van der Waals surface area (Å²) in [4.78, 5) is 10.9. The van der Waals surface area contributed by atoms with E-state index in [2.05, 4.69) is 19.9 Å². The molecule has 2 bridgehead atoms. The fraction of sp³-hybridized carbons (Fsp3) is 0.615. The fourth-order valence-electron chi connectivity index (χ4n) is 2.80. The summed E-state index contributed by atoms with van der Waals surface area (Å²) in [5.41, 5.74) is 1.85. The van der Waals surface area contributed by atoms with Crippen LogP contribution in [-0.2, 0) is 4.79 Å².